The molecule has 0 spiro atoms. The van der Waals surface area contributed by atoms with Gasteiger partial charge in [0.25, 0.3) is 0 Å². The number of hydrogen-bond acceptors (Lipinski definition) is 2. The maximum atomic E-state index is 5.81. The minimum Gasteiger partial charge on any atom is -0.467 e. The van der Waals surface area contributed by atoms with Gasteiger partial charge in [-0.2, -0.15) is 0 Å². The van der Waals surface area contributed by atoms with Gasteiger partial charge in [-0.1, -0.05) is 54.1 Å². The monoisotopic (exact) mass is 336 g/mol. The van der Waals surface area contributed by atoms with Crippen LogP contribution in [0.25, 0.3) is 12.2 Å². The number of benzene rings is 2. The first kappa shape index (κ1) is 19.0. The van der Waals surface area contributed by atoms with Crippen LogP contribution in [0.1, 0.15) is 41.7 Å². The van der Waals surface area contributed by atoms with Crippen LogP contribution in [-0.2, 0) is 11.2 Å². The third-order valence-corrected chi connectivity index (χ3v) is 4.16. The smallest absolute Gasteiger partial charge is 0.188 e. The number of allylic oxidation sites excluding steroid dienone is 2. The lowest BCUT2D eigenvalue weighted by molar-refractivity contribution is 0.0501. The van der Waals surface area contributed by atoms with Crippen molar-refractivity contribution in [3.05, 3.63) is 75.9 Å². The molecule has 2 heteroatoms. The fourth-order valence-electron chi connectivity index (χ4n) is 2.85. The van der Waals surface area contributed by atoms with Crippen molar-refractivity contribution < 1.29 is 9.47 Å². The van der Waals surface area contributed by atoms with E-state index in [-0.39, 0.29) is 6.79 Å². The average molecular weight is 336 g/mol. The van der Waals surface area contributed by atoms with Crippen molar-refractivity contribution in [2.75, 3.05) is 13.9 Å². The summed E-state index contributed by atoms with van der Waals surface area (Å²) >= 11 is 0. The van der Waals surface area contributed by atoms with Gasteiger partial charge in [0.15, 0.2) is 6.79 Å². The Bertz CT molecular complexity index is 751. The summed E-state index contributed by atoms with van der Waals surface area (Å²) in [4.78, 5) is 0. The molecule has 0 aliphatic rings. The van der Waals surface area contributed by atoms with Crippen LogP contribution in [0.3, 0.4) is 0 Å². The van der Waals surface area contributed by atoms with Crippen molar-refractivity contribution in [2.45, 2.75) is 34.1 Å². The van der Waals surface area contributed by atoms with E-state index in [0.29, 0.717) is 0 Å². The van der Waals surface area contributed by atoms with Crippen LogP contribution in [-0.4, -0.2) is 13.9 Å². The zero-order valence-corrected chi connectivity index (χ0v) is 15.9. The summed E-state index contributed by atoms with van der Waals surface area (Å²) in [5, 5.41) is 0. The summed E-state index contributed by atoms with van der Waals surface area (Å²) in [6.07, 6.45) is 7.52. The molecule has 0 aliphatic carbocycles. The molecule has 0 aliphatic heterocycles. The van der Waals surface area contributed by atoms with Gasteiger partial charge in [-0.05, 0) is 68.0 Å². The van der Waals surface area contributed by atoms with Crippen LogP contribution in [0.2, 0.25) is 0 Å². The van der Waals surface area contributed by atoms with E-state index in [0.717, 1.165) is 17.7 Å². The third-order valence-electron chi connectivity index (χ3n) is 4.16. The second-order valence-corrected chi connectivity index (χ2v) is 6.50. The molecule has 0 amide bonds. The molecule has 0 aromatic heterocycles. The Kier molecular flexibility index (Phi) is 7.03. The van der Waals surface area contributed by atoms with E-state index in [1.165, 1.54) is 27.8 Å². The Hall–Kier alpha value is -2.32. The van der Waals surface area contributed by atoms with Crippen LogP contribution in [0.5, 0.6) is 5.75 Å². The maximum Gasteiger partial charge on any atom is 0.188 e. The fraction of sp³-hybridized carbons (Fsp3) is 0.304. The zero-order valence-electron chi connectivity index (χ0n) is 15.9. The molecule has 0 fully saturated rings. The standard InChI is InChI=1S/C23H28O2/c1-17(2)11-14-22-19(4)23(25-16-24-5)18(3)15-21(22)13-12-20-9-7-6-8-10-20/h6-13,15H,14,16H2,1-5H3/b13-12+. The minimum atomic E-state index is 0.267. The molecule has 2 aromatic carbocycles. The van der Waals surface area contributed by atoms with Gasteiger partial charge in [-0.15, -0.1) is 0 Å². The lowest BCUT2D eigenvalue weighted by atomic mass is 9.94. The van der Waals surface area contributed by atoms with Crippen LogP contribution in [0.15, 0.2) is 48.0 Å². The predicted molar refractivity (Wildman–Crippen MR) is 107 cm³/mol. The summed E-state index contributed by atoms with van der Waals surface area (Å²) in [5.41, 5.74) is 7.36. The van der Waals surface area contributed by atoms with Crippen LogP contribution >= 0.6 is 0 Å². The van der Waals surface area contributed by atoms with Crippen molar-refractivity contribution in [1.29, 1.82) is 0 Å². The molecule has 0 heterocycles. The summed E-state index contributed by atoms with van der Waals surface area (Å²) in [5.74, 6) is 0.927. The second kappa shape index (κ2) is 9.24. The number of ether oxygens (including phenoxy) is 2. The van der Waals surface area contributed by atoms with Crippen molar-refractivity contribution in [2.24, 2.45) is 0 Å². The molecule has 0 unspecified atom stereocenters. The Labute approximate surface area is 151 Å². The van der Waals surface area contributed by atoms with E-state index in [1.54, 1.807) is 7.11 Å². The van der Waals surface area contributed by atoms with Gasteiger partial charge in [0.1, 0.15) is 5.75 Å². The van der Waals surface area contributed by atoms with Crippen LogP contribution in [0.4, 0.5) is 0 Å². The minimum absolute atomic E-state index is 0.267. The second-order valence-electron chi connectivity index (χ2n) is 6.50. The van der Waals surface area contributed by atoms with E-state index >= 15 is 0 Å². The SMILES string of the molecule is COCOc1c(C)cc(/C=C/c2ccccc2)c(CC=C(C)C)c1C. The molecule has 0 saturated heterocycles. The first-order valence-corrected chi connectivity index (χ1v) is 8.64. The molecule has 0 radical (unpaired) electrons. The maximum absolute atomic E-state index is 5.81. The van der Waals surface area contributed by atoms with Crippen LogP contribution < -0.4 is 4.74 Å². The highest BCUT2D eigenvalue weighted by Gasteiger charge is 2.12. The molecule has 25 heavy (non-hydrogen) atoms. The molecule has 0 saturated carbocycles. The molecule has 0 atom stereocenters. The van der Waals surface area contributed by atoms with Crippen molar-refractivity contribution in [1.82, 2.24) is 0 Å². The van der Waals surface area contributed by atoms with Gasteiger partial charge in [0.2, 0.25) is 0 Å². The molecule has 0 N–H and O–H groups in total. The predicted octanol–water partition coefficient (Wildman–Crippen LogP) is 5.97. The fourth-order valence-corrected chi connectivity index (χ4v) is 2.85. The highest BCUT2D eigenvalue weighted by molar-refractivity contribution is 5.73. The number of aryl methyl sites for hydroxylation is 1. The molecular weight excluding hydrogens is 308 g/mol. The first-order chi connectivity index (χ1) is 12.0. The van der Waals surface area contributed by atoms with Gasteiger partial charge in [-0.25, -0.2) is 0 Å². The lowest BCUT2D eigenvalue weighted by Gasteiger charge is -2.17. The number of rotatable bonds is 7. The Morgan fingerprint density at radius 2 is 1.76 bits per heavy atom. The van der Waals surface area contributed by atoms with E-state index < -0.39 is 0 Å². The van der Waals surface area contributed by atoms with Crippen molar-refractivity contribution >= 4 is 12.2 Å². The van der Waals surface area contributed by atoms with Gasteiger partial charge in [0.05, 0.1) is 0 Å². The largest absolute Gasteiger partial charge is 0.467 e. The Morgan fingerprint density at radius 1 is 1.04 bits per heavy atom. The summed E-state index contributed by atoms with van der Waals surface area (Å²) < 4.78 is 10.9. The van der Waals surface area contributed by atoms with E-state index in [2.05, 4.69) is 76.3 Å². The Morgan fingerprint density at radius 3 is 2.40 bits per heavy atom. The molecule has 2 nitrogen and oxygen atoms in total. The Balaban J connectivity index is 2.45. The normalized spacial score (nSPS) is 10.9. The summed E-state index contributed by atoms with van der Waals surface area (Å²) in [6, 6.07) is 12.6. The number of methoxy groups -OCH3 is 1. The molecule has 2 aromatic rings. The van der Waals surface area contributed by atoms with E-state index in [9.17, 15) is 0 Å². The topological polar surface area (TPSA) is 18.5 Å². The highest BCUT2D eigenvalue weighted by atomic mass is 16.7. The highest BCUT2D eigenvalue weighted by Crippen LogP contribution is 2.31. The van der Waals surface area contributed by atoms with Gasteiger partial charge in [-0.3, -0.25) is 0 Å². The zero-order chi connectivity index (χ0) is 18.2. The molecule has 0 bridgehead atoms. The van der Waals surface area contributed by atoms with Gasteiger partial charge < -0.3 is 9.47 Å². The van der Waals surface area contributed by atoms with Crippen LogP contribution in [0, 0.1) is 13.8 Å². The summed E-state index contributed by atoms with van der Waals surface area (Å²) in [6.45, 7) is 8.74. The number of hydrogen-bond donors (Lipinski definition) is 0. The summed E-state index contributed by atoms with van der Waals surface area (Å²) in [7, 11) is 1.64. The molecular formula is C23H28O2. The lowest BCUT2D eigenvalue weighted by Crippen LogP contribution is -2.05. The quantitative estimate of drug-likeness (QED) is 0.352. The average Bonchev–Trinajstić information content (AvgIpc) is 2.59. The van der Waals surface area contributed by atoms with E-state index in [1.807, 2.05) is 6.07 Å². The third kappa shape index (κ3) is 5.33. The van der Waals surface area contributed by atoms with Gasteiger partial charge in [0, 0.05) is 7.11 Å². The first-order valence-electron chi connectivity index (χ1n) is 8.64. The van der Waals surface area contributed by atoms with E-state index in [4.69, 9.17) is 9.47 Å². The molecule has 2 rings (SSSR count). The molecule has 132 valence electrons. The van der Waals surface area contributed by atoms with Crippen molar-refractivity contribution in [3.63, 3.8) is 0 Å². The van der Waals surface area contributed by atoms with Crippen molar-refractivity contribution in [3.8, 4) is 5.75 Å². The van der Waals surface area contributed by atoms with Gasteiger partial charge >= 0.3 is 0 Å².